The Labute approximate surface area is 85.1 Å². The Morgan fingerprint density at radius 2 is 2.27 bits per heavy atom. The molecule has 5 nitrogen and oxygen atoms in total. The summed E-state index contributed by atoms with van der Waals surface area (Å²) in [5, 5.41) is 3.33. The fourth-order valence-electron chi connectivity index (χ4n) is 1.18. The molecule has 0 heterocycles. The molecule has 78 valence electrons. The van der Waals surface area contributed by atoms with Gasteiger partial charge in [0.1, 0.15) is 5.82 Å². The van der Waals surface area contributed by atoms with Crippen LogP contribution >= 0.6 is 0 Å². The molecule has 0 N–H and O–H groups in total. The molecule has 0 aliphatic rings. The Morgan fingerprint density at radius 3 is 2.80 bits per heavy atom. The second kappa shape index (κ2) is 4.43. The highest BCUT2D eigenvalue weighted by atomic mass is 19.1. The van der Waals surface area contributed by atoms with Crippen molar-refractivity contribution in [3.05, 3.63) is 39.5 Å². The Bertz CT molecular complexity index is 453. The maximum absolute atomic E-state index is 13.3. The molecule has 0 saturated carbocycles. The van der Waals surface area contributed by atoms with Crippen molar-refractivity contribution in [2.75, 3.05) is 7.11 Å². The molecule has 0 saturated heterocycles. The van der Waals surface area contributed by atoms with Gasteiger partial charge in [0, 0.05) is 10.6 Å². The van der Waals surface area contributed by atoms with E-state index >= 15 is 0 Å². The summed E-state index contributed by atoms with van der Waals surface area (Å²) in [6.45, 7) is 1.49. The zero-order chi connectivity index (χ0) is 11.4. The van der Waals surface area contributed by atoms with Gasteiger partial charge in [-0.1, -0.05) is 5.11 Å². The summed E-state index contributed by atoms with van der Waals surface area (Å²) in [5.41, 5.74) is 8.51. The number of esters is 1. The first-order valence-corrected chi connectivity index (χ1v) is 4.04. The largest absolute Gasteiger partial charge is 0.465 e. The van der Waals surface area contributed by atoms with Gasteiger partial charge in [0.25, 0.3) is 0 Å². The minimum absolute atomic E-state index is 0.206. The van der Waals surface area contributed by atoms with Crippen molar-refractivity contribution in [2.45, 2.75) is 6.92 Å². The molecule has 1 aromatic rings. The van der Waals surface area contributed by atoms with Crippen LogP contribution in [0.25, 0.3) is 10.4 Å². The molecule has 0 amide bonds. The van der Waals surface area contributed by atoms with Crippen LogP contribution in [0.1, 0.15) is 15.9 Å². The van der Waals surface area contributed by atoms with E-state index in [9.17, 15) is 9.18 Å². The molecule has 0 aromatic heterocycles. The summed E-state index contributed by atoms with van der Waals surface area (Å²) >= 11 is 0. The van der Waals surface area contributed by atoms with Crippen LogP contribution in [0.5, 0.6) is 0 Å². The van der Waals surface area contributed by atoms with Crippen LogP contribution < -0.4 is 0 Å². The molecular formula is C9H8FN3O2. The number of halogens is 1. The summed E-state index contributed by atoms with van der Waals surface area (Å²) in [5.74, 6) is -1.49. The van der Waals surface area contributed by atoms with Crippen molar-refractivity contribution in [3.63, 3.8) is 0 Å². The van der Waals surface area contributed by atoms with Crippen molar-refractivity contribution in [1.29, 1.82) is 0 Å². The molecule has 0 bridgehead atoms. The van der Waals surface area contributed by atoms with Gasteiger partial charge in [-0.25, -0.2) is 9.18 Å². The predicted molar refractivity (Wildman–Crippen MR) is 51.3 cm³/mol. The third kappa shape index (κ3) is 2.05. The Kier molecular flexibility index (Phi) is 3.25. The number of benzene rings is 1. The average Bonchev–Trinajstić information content (AvgIpc) is 2.22. The number of carbonyl (C=O) groups is 1. The smallest absolute Gasteiger partial charge is 0.341 e. The molecule has 0 unspecified atom stereocenters. The Morgan fingerprint density at radius 1 is 1.60 bits per heavy atom. The lowest BCUT2D eigenvalue weighted by Crippen LogP contribution is -2.06. The van der Waals surface area contributed by atoms with Gasteiger partial charge in [-0.05, 0) is 30.2 Å². The maximum Gasteiger partial charge on any atom is 0.341 e. The van der Waals surface area contributed by atoms with Crippen molar-refractivity contribution >= 4 is 11.7 Å². The van der Waals surface area contributed by atoms with Crippen molar-refractivity contribution in [1.82, 2.24) is 0 Å². The molecule has 0 aliphatic heterocycles. The van der Waals surface area contributed by atoms with Gasteiger partial charge in [-0.3, -0.25) is 0 Å². The van der Waals surface area contributed by atoms with Gasteiger partial charge < -0.3 is 4.74 Å². The highest BCUT2D eigenvalue weighted by molar-refractivity contribution is 5.92. The van der Waals surface area contributed by atoms with Crippen LogP contribution in [0.2, 0.25) is 0 Å². The number of rotatable bonds is 2. The number of azide groups is 1. The van der Waals surface area contributed by atoms with E-state index < -0.39 is 11.8 Å². The van der Waals surface area contributed by atoms with Gasteiger partial charge in [0.2, 0.25) is 0 Å². The fraction of sp³-hybridized carbons (Fsp3) is 0.222. The first-order valence-electron chi connectivity index (χ1n) is 4.04. The van der Waals surface area contributed by atoms with Gasteiger partial charge >= 0.3 is 5.97 Å². The van der Waals surface area contributed by atoms with Crippen molar-refractivity contribution < 1.29 is 13.9 Å². The lowest BCUT2D eigenvalue weighted by molar-refractivity contribution is 0.0594. The Hall–Kier alpha value is -2.07. The molecule has 0 atom stereocenters. The van der Waals surface area contributed by atoms with Gasteiger partial charge in [-0.15, -0.1) is 0 Å². The number of ether oxygens (including phenoxy) is 1. The van der Waals surface area contributed by atoms with E-state index in [1.807, 2.05) is 0 Å². The summed E-state index contributed by atoms with van der Waals surface area (Å²) in [6.07, 6.45) is 0. The zero-order valence-electron chi connectivity index (χ0n) is 8.19. The van der Waals surface area contributed by atoms with E-state index in [0.29, 0.717) is 0 Å². The lowest BCUT2D eigenvalue weighted by atomic mass is 10.1. The predicted octanol–water partition coefficient (Wildman–Crippen LogP) is 2.86. The van der Waals surface area contributed by atoms with Crippen LogP contribution in [0.15, 0.2) is 17.2 Å². The number of carbonyl (C=O) groups excluding carboxylic acids is 1. The average molecular weight is 209 g/mol. The van der Waals surface area contributed by atoms with E-state index in [2.05, 4.69) is 14.8 Å². The molecule has 1 rings (SSSR count). The third-order valence-electron chi connectivity index (χ3n) is 1.93. The van der Waals surface area contributed by atoms with E-state index in [1.54, 1.807) is 0 Å². The van der Waals surface area contributed by atoms with E-state index in [-0.39, 0.29) is 16.8 Å². The highest BCUT2D eigenvalue weighted by Gasteiger charge is 2.17. The maximum atomic E-state index is 13.3. The number of methoxy groups -OCH3 is 1. The SMILES string of the molecule is COC(=O)c1c(F)ccc(N=[N+]=[N-])c1C. The first-order chi connectivity index (χ1) is 7.11. The normalized spacial score (nSPS) is 9.27. The van der Waals surface area contributed by atoms with Gasteiger partial charge in [-0.2, -0.15) is 0 Å². The van der Waals surface area contributed by atoms with Crippen LogP contribution in [-0.2, 0) is 4.74 Å². The molecular weight excluding hydrogens is 201 g/mol. The highest BCUT2D eigenvalue weighted by Crippen LogP contribution is 2.25. The summed E-state index contributed by atoms with van der Waals surface area (Å²) in [7, 11) is 1.15. The molecule has 1 aromatic carbocycles. The number of nitrogens with zero attached hydrogens (tertiary/aromatic N) is 3. The summed E-state index contributed by atoms with van der Waals surface area (Å²) in [4.78, 5) is 13.8. The van der Waals surface area contributed by atoms with Crippen LogP contribution in [-0.4, -0.2) is 13.1 Å². The molecule has 15 heavy (non-hydrogen) atoms. The van der Waals surface area contributed by atoms with E-state index in [0.717, 1.165) is 13.2 Å². The van der Waals surface area contributed by atoms with Crippen LogP contribution in [0.4, 0.5) is 10.1 Å². The minimum atomic E-state index is -0.792. The van der Waals surface area contributed by atoms with Gasteiger partial charge in [0.05, 0.1) is 12.7 Å². The van der Waals surface area contributed by atoms with Crippen LogP contribution in [0.3, 0.4) is 0 Å². The summed E-state index contributed by atoms with van der Waals surface area (Å²) in [6, 6.07) is 2.36. The topological polar surface area (TPSA) is 75.1 Å². The second-order valence-electron chi connectivity index (χ2n) is 2.75. The van der Waals surface area contributed by atoms with Crippen molar-refractivity contribution in [3.8, 4) is 0 Å². The molecule has 0 fully saturated rings. The molecule has 0 aliphatic carbocycles. The molecule has 0 spiro atoms. The lowest BCUT2D eigenvalue weighted by Gasteiger charge is -2.06. The van der Waals surface area contributed by atoms with E-state index in [4.69, 9.17) is 5.53 Å². The number of hydrogen-bond donors (Lipinski definition) is 0. The van der Waals surface area contributed by atoms with Crippen molar-refractivity contribution in [2.24, 2.45) is 5.11 Å². The second-order valence-corrected chi connectivity index (χ2v) is 2.75. The fourth-order valence-corrected chi connectivity index (χ4v) is 1.18. The standard InChI is InChI=1S/C9H8FN3O2/c1-5-7(12-13-11)4-3-6(10)8(5)9(14)15-2/h3-4H,1-2H3. The number of hydrogen-bond acceptors (Lipinski definition) is 3. The van der Waals surface area contributed by atoms with E-state index in [1.165, 1.54) is 13.0 Å². The summed E-state index contributed by atoms with van der Waals surface area (Å²) < 4.78 is 17.7. The van der Waals surface area contributed by atoms with Crippen LogP contribution in [0, 0.1) is 12.7 Å². The zero-order valence-corrected chi connectivity index (χ0v) is 8.19. The Balaban J connectivity index is 3.42. The molecule has 0 radical (unpaired) electrons. The molecule has 6 heteroatoms. The monoisotopic (exact) mass is 209 g/mol. The minimum Gasteiger partial charge on any atom is -0.465 e. The third-order valence-corrected chi connectivity index (χ3v) is 1.93. The quantitative estimate of drug-likeness (QED) is 0.325. The first kappa shape index (κ1) is 11.0. The van der Waals surface area contributed by atoms with Gasteiger partial charge in [0.15, 0.2) is 0 Å².